The first-order chi connectivity index (χ1) is 10.0. The quantitative estimate of drug-likeness (QED) is 0.592. The molecule has 21 heavy (non-hydrogen) atoms. The molecule has 3 rings (SSSR count). The van der Waals surface area contributed by atoms with E-state index in [4.69, 9.17) is 0 Å². The second-order valence-corrected chi connectivity index (χ2v) is 4.56. The van der Waals surface area contributed by atoms with Crippen molar-refractivity contribution in [2.24, 2.45) is 7.05 Å². The van der Waals surface area contributed by atoms with E-state index in [1.807, 2.05) is 0 Å². The summed E-state index contributed by atoms with van der Waals surface area (Å²) in [4.78, 5) is 14.6. The van der Waals surface area contributed by atoms with Crippen molar-refractivity contribution in [3.8, 4) is 0 Å². The molecule has 0 saturated heterocycles. The number of anilines is 2. The lowest BCUT2D eigenvalue weighted by Crippen LogP contribution is -1.98. The molecule has 7 heteroatoms. The molecule has 0 aliphatic rings. The minimum Gasteiger partial charge on any atom is -0.326 e. The number of nitro groups is 1. The van der Waals surface area contributed by atoms with Gasteiger partial charge in [-0.3, -0.25) is 10.1 Å². The summed E-state index contributed by atoms with van der Waals surface area (Å²) in [6.45, 7) is 0. The van der Waals surface area contributed by atoms with Gasteiger partial charge in [-0.1, -0.05) is 0 Å². The molecule has 0 atom stereocenters. The number of imidazole rings is 1. The molecule has 0 bridgehead atoms. The number of halogens is 1. The molecule has 0 radical (unpaired) electrons. The number of rotatable bonds is 3. The molecule has 0 spiro atoms. The first kappa shape index (κ1) is 13.0. The summed E-state index contributed by atoms with van der Waals surface area (Å²) < 4.78 is 14.7. The molecule has 0 saturated carbocycles. The van der Waals surface area contributed by atoms with Crippen LogP contribution in [0.15, 0.2) is 42.5 Å². The number of aryl methyl sites for hydroxylation is 1. The van der Waals surface area contributed by atoms with Gasteiger partial charge in [-0.15, -0.1) is 0 Å². The third kappa shape index (κ3) is 2.40. The lowest BCUT2D eigenvalue weighted by atomic mass is 10.3. The Labute approximate surface area is 119 Å². The Balaban J connectivity index is 2.00. The summed E-state index contributed by atoms with van der Waals surface area (Å²) in [7, 11) is 1.80. The van der Waals surface area contributed by atoms with Crippen molar-refractivity contribution in [3.05, 3.63) is 58.4 Å². The molecule has 1 heterocycles. The number of nitrogens with zero attached hydrogens (tertiary/aromatic N) is 3. The molecular weight excluding hydrogens is 275 g/mol. The van der Waals surface area contributed by atoms with E-state index < -0.39 is 4.92 Å². The van der Waals surface area contributed by atoms with Crippen LogP contribution in [0.1, 0.15) is 0 Å². The van der Waals surface area contributed by atoms with E-state index in [0.29, 0.717) is 17.2 Å². The average molecular weight is 286 g/mol. The fourth-order valence-electron chi connectivity index (χ4n) is 2.08. The van der Waals surface area contributed by atoms with Crippen LogP contribution in [0.25, 0.3) is 11.0 Å². The number of hydrogen-bond acceptors (Lipinski definition) is 4. The fraction of sp³-hybridized carbons (Fsp3) is 0.0714. The highest BCUT2D eigenvalue weighted by Gasteiger charge is 2.12. The third-order valence-corrected chi connectivity index (χ3v) is 3.18. The molecule has 0 aliphatic carbocycles. The highest BCUT2D eigenvalue weighted by Crippen LogP contribution is 2.25. The lowest BCUT2D eigenvalue weighted by Gasteiger charge is -2.05. The van der Waals surface area contributed by atoms with Gasteiger partial charge in [0.15, 0.2) is 0 Å². The van der Waals surface area contributed by atoms with Gasteiger partial charge in [0.05, 0.1) is 16.0 Å². The number of nitrogens with one attached hydrogen (secondary N) is 1. The van der Waals surface area contributed by atoms with E-state index in [1.54, 1.807) is 29.8 Å². The number of nitro benzene ring substituents is 1. The summed E-state index contributed by atoms with van der Waals surface area (Å²) in [5.74, 6) is 0.207. The maximum absolute atomic E-state index is 12.9. The van der Waals surface area contributed by atoms with E-state index in [0.717, 1.165) is 5.52 Å². The summed E-state index contributed by atoms with van der Waals surface area (Å²) in [5.41, 5.74) is 1.97. The first-order valence-electron chi connectivity index (χ1n) is 6.18. The molecule has 0 amide bonds. The summed E-state index contributed by atoms with van der Waals surface area (Å²) in [6, 6.07) is 10.4. The zero-order valence-corrected chi connectivity index (χ0v) is 11.1. The van der Waals surface area contributed by atoms with Crippen LogP contribution in [0.3, 0.4) is 0 Å². The molecule has 6 nitrogen and oxygen atoms in total. The Bertz CT molecular complexity index is 827. The van der Waals surface area contributed by atoms with Gasteiger partial charge in [0, 0.05) is 24.9 Å². The summed E-state index contributed by atoms with van der Waals surface area (Å²) in [5, 5.41) is 13.8. The van der Waals surface area contributed by atoms with Crippen LogP contribution in [0.2, 0.25) is 0 Å². The van der Waals surface area contributed by atoms with Crippen LogP contribution in [0, 0.1) is 15.9 Å². The zero-order chi connectivity index (χ0) is 15.0. The first-order valence-corrected chi connectivity index (χ1v) is 6.18. The largest absolute Gasteiger partial charge is 0.326 e. The van der Waals surface area contributed by atoms with Gasteiger partial charge < -0.3 is 9.88 Å². The van der Waals surface area contributed by atoms with Crippen molar-refractivity contribution >= 4 is 28.4 Å². The van der Waals surface area contributed by atoms with Gasteiger partial charge in [-0.25, -0.2) is 9.37 Å². The number of benzene rings is 2. The number of hydrogen-bond donors (Lipinski definition) is 1. The van der Waals surface area contributed by atoms with Gasteiger partial charge >= 0.3 is 0 Å². The molecule has 0 fully saturated rings. The van der Waals surface area contributed by atoms with Crippen LogP contribution in [-0.4, -0.2) is 14.5 Å². The molecular formula is C14H11FN4O2. The molecule has 1 N–H and O–H groups in total. The van der Waals surface area contributed by atoms with Crippen molar-refractivity contribution in [2.75, 3.05) is 5.32 Å². The molecule has 2 aromatic carbocycles. The van der Waals surface area contributed by atoms with Gasteiger partial charge in [0.1, 0.15) is 5.82 Å². The average Bonchev–Trinajstić information content (AvgIpc) is 2.77. The van der Waals surface area contributed by atoms with Crippen molar-refractivity contribution < 1.29 is 9.31 Å². The van der Waals surface area contributed by atoms with E-state index in [2.05, 4.69) is 10.3 Å². The van der Waals surface area contributed by atoms with Crippen LogP contribution in [0.5, 0.6) is 0 Å². The Morgan fingerprint density at radius 3 is 2.62 bits per heavy atom. The Morgan fingerprint density at radius 2 is 1.95 bits per heavy atom. The Kier molecular flexibility index (Phi) is 3.02. The molecule has 0 unspecified atom stereocenters. The van der Waals surface area contributed by atoms with E-state index >= 15 is 0 Å². The fourth-order valence-corrected chi connectivity index (χ4v) is 2.08. The van der Waals surface area contributed by atoms with Crippen molar-refractivity contribution in [1.82, 2.24) is 9.55 Å². The highest BCUT2D eigenvalue weighted by molar-refractivity contribution is 5.81. The van der Waals surface area contributed by atoms with Gasteiger partial charge in [0.2, 0.25) is 5.95 Å². The normalized spacial score (nSPS) is 10.8. The van der Waals surface area contributed by atoms with E-state index in [1.165, 1.54) is 24.3 Å². The SMILES string of the molecule is Cn1c(Nc2ccc(F)cc2)nc2cc([N+](=O)[O-])ccc21. The number of non-ortho nitro benzene ring substituents is 1. The maximum atomic E-state index is 12.9. The second kappa shape index (κ2) is 4.86. The van der Waals surface area contributed by atoms with Crippen molar-refractivity contribution in [3.63, 3.8) is 0 Å². The van der Waals surface area contributed by atoms with Gasteiger partial charge in [-0.2, -0.15) is 0 Å². The molecule has 3 aromatic rings. The van der Waals surface area contributed by atoms with Gasteiger partial charge in [0.25, 0.3) is 5.69 Å². The Morgan fingerprint density at radius 1 is 1.24 bits per heavy atom. The molecule has 1 aromatic heterocycles. The topological polar surface area (TPSA) is 73.0 Å². The van der Waals surface area contributed by atoms with Crippen LogP contribution < -0.4 is 5.32 Å². The second-order valence-electron chi connectivity index (χ2n) is 4.56. The minimum absolute atomic E-state index is 0.00562. The van der Waals surface area contributed by atoms with Crippen LogP contribution >= 0.6 is 0 Å². The smallest absolute Gasteiger partial charge is 0.271 e. The molecule has 0 aliphatic heterocycles. The summed E-state index contributed by atoms with van der Waals surface area (Å²) >= 11 is 0. The molecule has 106 valence electrons. The van der Waals surface area contributed by atoms with Gasteiger partial charge in [-0.05, 0) is 30.3 Å². The lowest BCUT2D eigenvalue weighted by molar-refractivity contribution is -0.384. The number of fused-ring (bicyclic) bond motifs is 1. The minimum atomic E-state index is -0.457. The standard InChI is InChI=1S/C14H11FN4O2/c1-18-13-7-6-11(19(20)21)8-12(13)17-14(18)16-10-4-2-9(15)3-5-10/h2-8H,1H3,(H,16,17). The maximum Gasteiger partial charge on any atom is 0.271 e. The highest BCUT2D eigenvalue weighted by atomic mass is 19.1. The monoisotopic (exact) mass is 286 g/mol. The third-order valence-electron chi connectivity index (χ3n) is 3.18. The van der Waals surface area contributed by atoms with E-state index in [9.17, 15) is 14.5 Å². The Hall–Kier alpha value is -2.96. The van der Waals surface area contributed by atoms with Crippen molar-refractivity contribution in [1.29, 1.82) is 0 Å². The number of aromatic nitrogens is 2. The van der Waals surface area contributed by atoms with E-state index in [-0.39, 0.29) is 11.5 Å². The van der Waals surface area contributed by atoms with Crippen LogP contribution in [-0.2, 0) is 7.05 Å². The predicted molar refractivity (Wildman–Crippen MR) is 77.1 cm³/mol. The summed E-state index contributed by atoms with van der Waals surface area (Å²) in [6.07, 6.45) is 0. The zero-order valence-electron chi connectivity index (χ0n) is 11.1. The van der Waals surface area contributed by atoms with Crippen LogP contribution in [0.4, 0.5) is 21.7 Å². The predicted octanol–water partition coefficient (Wildman–Crippen LogP) is 3.36. The van der Waals surface area contributed by atoms with Crippen molar-refractivity contribution in [2.45, 2.75) is 0 Å².